The van der Waals surface area contributed by atoms with Gasteiger partial charge in [-0.05, 0) is 30.3 Å². The van der Waals surface area contributed by atoms with Gasteiger partial charge in [0.2, 0.25) is 0 Å². The summed E-state index contributed by atoms with van der Waals surface area (Å²) in [4.78, 5) is 19.5. The van der Waals surface area contributed by atoms with Crippen molar-refractivity contribution in [3.05, 3.63) is 74.9 Å². The van der Waals surface area contributed by atoms with Gasteiger partial charge in [0.15, 0.2) is 0 Å². The number of aromatic nitrogens is 2. The molecule has 3 aromatic rings. The van der Waals surface area contributed by atoms with Crippen LogP contribution in [-0.4, -0.2) is 28.5 Å². The third-order valence-corrected chi connectivity index (χ3v) is 4.09. The Labute approximate surface area is 149 Å². The molecule has 0 N–H and O–H groups in total. The Morgan fingerprint density at radius 2 is 1.71 bits per heavy atom. The van der Waals surface area contributed by atoms with E-state index in [1.807, 2.05) is 37.3 Å². The Morgan fingerprint density at radius 1 is 1.04 bits per heavy atom. The van der Waals surface area contributed by atoms with Gasteiger partial charge < -0.3 is 4.90 Å². The van der Waals surface area contributed by atoms with Crippen LogP contribution in [0.25, 0.3) is 22.7 Å². The molecular formula is C18H15Cl2N3O. The Balaban J connectivity index is 2.42. The van der Waals surface area contributed by atoms with Crippen LogP contribution in [-0.2, 0) is 0 Å². The number of hydrogen-bond donors (Lipinski definition) is 0. The van der Waals surface area contributed by atoms with Gasteiger partial charge in [0.1, 0.15) is 5.82 Å². The van der Waals surface area contributed by atoms with E-state index in [1.165, 1.54) is 4.57 Å². The van der Waals surface area contributed by atoms with Crippen molar-refractivity contribution in [3.63, 3.8) is 0 Å². The molecule has 0 spiro atoms. The van der Waals surface area contributed by atoms with Gasteiger partial charge in [-0.15, -0.1) is 0 Å². The van der Waals surface area contributed by atoms with Gasteiger partial charge in [0.25, 0.3) is 5.56 Å². The third-order valence-electron chi connectivity index (χ3n) is 3.48. The van der Waals surface area contributed by atoms with Crippen LogP contribution in [0.3, 0.4) is 0 Å². The topological polar surface area (TPSA) is 38.1 Å². The van der Waals surface area contributed by atoms with Crippen molar-refractivity contribution in [2.45, 2.75) is 0 Å². The molecule has 0 bridgehead atoms. The van der Waals surface area contributed by atoms with Crippen LogP contribution in [0.1, 0.15) is 5.82 Å². The highest BCUT2D eigenvalue weighted by atomic mass is 35.5. The first-order valence-electron chi connectivity index (χ1n) is 7.30. The van der Waals surface area contributed by atoms with Gasteiger partial charge in [-0.1, -0.05) is 41.4 Å². The molecule has 0 radical (unpaired) electrons. The molecular weight excluding hydrogens is 345 g/mol. The minimum absolute atomic E-state index is 0.214. The van der Waals surface area contributed by atoms with Crippen molar-refractivity contribution in [1.29, 1.82) is 0 Å². The van der Waals surface area contributed by atoms with Crippen molar-refractivity contribution in [2.75, 3.05) is 14.1 Å². The molecule has 0 saturated carbocycles. The largest absolute Gasteiger partial charge is 0.383 e. The normalized spacial score (nSPS) is 11.3. The summed E-state index contributed by atoms with van der Waals surface area (Å²) in [6.07, 6.45) is 3.57. The molecule has 1 aromatic heterocycles. The zero-order valence-corrected chi connectivity index (χ0v) is 14.7. The zero-order valence-electron chi connectivity index (χ0n) is 13.2. The van der Waals surface area contributed by atoms with Crippen molar-refractivity contribution in [2.24, 2.45) is 0 Å². The molecule has 0 saturated heterocycles. The number of hydrogen-bond acceptors (Lipinski definition) is 3. The van der Waals surface area contributed by atoms with E-state index in [1.54, 1.807) is 36.4 Å². The Morgan fingerprint density at radius 3 is 2.38 bits per heavy atom. The van der Waals surface area contributed by atoms with Crippen LogP contribution < -0.4 is 5.56 Å². The molecule has 3 rings (SSSR count). The smallest absolute Gasteiger partial charge is 0.266 e. The lowest BCUT2D eigenvalue weighted by Crippen LogP contribution is -2.23. The minimum atomic E-state index is -0.214. The highest BCUT2D eigenvalue weighted by Crippen LogP contribution is 2.28. The number of rotatable bonds is 3. The van der Waals surface area contributed by atoms with Gasteiger partial charge in [-0.2, -0.15) is 0 Å². The van der Waals surface area contributed by atoms with Crippen LogP contribution >= 0.6 is 23.2 Å². The first kappa shape index (κ1) is 16.6. The molecule has 122 valence electrons. The van der Waals surface area contributed by atoms with Gasteiger partial charge in [0, 0.05) is 20.3 Å². The SMILES string of the molecule is CN(C)C=Cc1nc2ccccc2c(=O)n1-c1c(Cl)cccc1Cl. The molecule has 2 aromatic carbocycles. The maximum atomic E-state index is 13.1. The van der Waals surface area contributed by atoms with Gasteiger partial charge in [-0.3, -0.25) is 9.36 Å². The summed E-state index contributed by atoms with van der Waals surface area (Å²) in [6.45, 7) is 0. The summed E-state index contributed by atoms with van der Waals surface area (Å²) in [5.74, 6) is 0.461. The Bertz CT molecular complexity index is 973. The minimum Gasteiger partial charge on any atom is -0.383 e. The number of benzene rings is 2. The molecule has 4 nitrogen and oxygen atoms in total. The fourth-order valence-electron chi connectivity index (χ4n) is 2.40. The van der Waals surface area contributed by atoms with Crippen LogP contribution in [0.15, 0.2) is 53.5 Å². The van der Waals surface area contributed by atoms with Crippen LogP contribution in [0.2, 0.25) is 10.0 Å². The molecule has 0 atom stereocenters. The number of halogens is 2. The predicted molar refractivity (Wildman–Crippen MR) is 100 cm³/mol. The van der Waals surface area contributed by atoms with E-state index in [2.05, 4.69) is 4.98 Å². The van der Waals surface area contributed by atoms with Crippen molar-refractivity contribution < 1.29 is 0 Å². The summed E-state index contributed by atoms with van der Waals surface area (Å²) in [6, 6.07) is 12.3. The maximum absolute atomic E-state index is 13.1. The second-order valence-corrected chi connectivity index (χ2v) is 6.29. The maximum Gasteiger partial charge on any atom is 0.266 e. The van der Waals surface area contributed by atoms with Crippen molar-refractivity contribution in [1.82, 2.24) is 14.5 Å². The van der Waals surface area contributed by atoms with E-state index in [4.69, 9.17) is 23.2 Å². The molecule has 24 heavy (non-hydrogen) atoms. The van der Waals surface area contributed by atoms with E-state index in [-0.39, 0.29) is 5.56 Å². The molecule has 0 aliphatic rings. The molecule has 0 amide bonds. The third kappa shape index (κ3) is 3.03. The average molecular weight is 360 g/mol. The summed E-state index contributed by atoms with van der Waals surface area (Å²) in [7, 11) is 3.78. The van der Waals surface area contributed by atoms with E-state index >= 15 is 0 Å². The summed E-state index contributed by atoms with van der Waals surface area (Å²) >= 11 is 12.6. The lowest BCUT2D eigenvalue weighted by molar-refractivity contribution is 0.567. The molecule has 0 aliphatic carbocycles. The average Bonchev–Trinajstić information content (AvgIpc) is 2.55. The van der Waals surface area contributed by atoms with Crippen molar-refractivity contribution >= 4 is 40.2 Å². The van der Waals surface area contributed by atoms with Crippen LogP contribution in [0.4, 0.5) is 0 Å². The second kappa shape index (κ2) is 6.67. The van der Waals surface area contributed by atoms with E-state index in [0.717, 1.165) is 0 Å². The molecule has 1 heterocycles. The van der Waals surface area contributed by atoms with E-state index < -0.39 is 0 Å². The van der Waals surface area contributed by atoms with E-state index in [9.17, 15) is 4.79 Å². The molecule has 0 fully saturated rings. The first-order chi connectivity index (χ1) is 11.5. The van der Waals surface area contributed by atoms with E-state index in [0.29, 0.717) is 32.5 Å². The fourth-order valence-corrected chi connectivity index (χ4v) is 2.96. The zero-order chi connectivity index (χ0) is 17.3. The van der Waals surface area contributed by atoms with Crippen LogP contribution in [0.5, 0.6) is 0 Å². The van der Waals surface area contributed by atoms with Gasteiger partial charge in [-0.25, -0.2) is 4.98 Å². The predicted octanol–water partition coefficient (Wildman–Crippen LogP) is 4.22. The summed E-state index contributed by atoms with van der Waals surface area (Å²) in [5, 5.41) is 1.29. The quantitative estimate of drug-likeness (QED) is 0.702. The van der Waals surface area contributed by atoms with Crippen LogP contribution in [0, 0.1) is 0 Å². The first-order valence-corrected chi connectivity index (χ1v) is 8.05. The Kier molecular flexibility index (Phi) is 4.60. The van der Waals surface area contributed by atoms with Crippen molar-refractivity contribution in [3.8, 4) is 5.69 Å². The lowest BCUT2D eigenvalue weighted by Gasteiger charge is -2.14. The standard InChI is InChI=1S/C18H15Cl2N3O/c1-22(2)11-10-16-21-15-9-4-3-6-12(15)18(24)23(16)17-13(19)7-5-8-14(17)20/h3-11H,1-2H3. The van der Waals surface area contributed by atoms with Gasteiger partial charge >= 0.3 is 0 Å². The highest BCUT2D eigenvalue weighted by Gasteiger charge is 2.16. The molecule has 0 unspecified atom stereocenters. The molecule has 0 aliphatic heterocycles. The monoisotopic (exact) mass is 359 g/mol. The summed E-state index contributed by atoms with van der Waals surface area (Å²) < 4.78 is 1.45. The number of para-hydroxylation sites is 2. The fraction of sp³-hybridized carbons (Fsp3) is 0.111. The molecule has 6 heteroatoms. The number of fused-ring (bicyclic) bond motifs is 1. The number of nitrogens with zero attached hydrogens (tertiary/aromatic N) is 3. The lowest BCUT2D eigenvalue weighted by atomic mass is 10.2. The highest BCUT2D eigenvalue weighted by molar-refractivity contribution is 6.37. The second-order valence-electron chi connectivity index (χ2n) is 5.48. The Hall–Kier alpha value is -2.30. The van der Waals surface area contributed by atoms with Gasteiger partial charge in [0.05, 0.1) is 26.6 Å². The summed E-state index contributed by atoms with van der Waals surface area (Å²) in [5.41, 5.74) is 0.844.